The van der Waals surface area contributed by atoms with E-state index in [0.29, 0.717) is 5.78 Å². The van der Waals surface area contributed by atoms with Crippen LogP contribution in [0.25, 0.3) is 0 Å². The molecule has 0 saturated heterocycles. The summed E-state index contributed by atoms with van der Waals surface area (Å²) in [6, 6.07) is 0. The largest absolute Gasteiger partial charge is 0.298 e. The van der Waals surface area contributed by atoms with E-state index in [-0.39, 0.29) is 4.83 Å². The zero-order valence-corrected chi connectivity index (χ0v) is 8.85. The van der Waals surface area contributed by atoms with E-state index in [9.17, 15) is 4.79 Å². The minimum absolute atomic E-state index is 0.178. The molecule has 2 fully saturated rings. The van der Waals surface area contributed by atoms with Crippen LogP contribution in [0.5, 0.6) is 0 Å². The van der Waals surface area contributed by atoms with Crippen LogP contribution in [0.3, 0.4) is 0 Å². The van der Waals surface area contributed by atoms with Crippen molar-refractivity contribution in [1.82, 2.24) is 0 Å². The fourth-order valence-electron chi connectivity index (χ4n) is 2.65. The van der Waals surface area contributed by atoms with Gasteiger partial charge in [0.2, 0.25) is 0 Å². The SMILES string of the molecule is O=C1C[C@H]2CCCC[C@H]2C[C@@H]1Br. The van der Waals surface area contributed by atoms with Crippen molar-refractivity contribution in [3.63, 3.8) is 0 Å². The third-order valence-electron chi connectivity index (χ3n) is 3.39. The van der Waals surface area contributed by atoms with Gasteiger partial charge in [0.25, 0.3) is 0 Å². The standard InChI is InChI=1S/C10H15BrO/c11-9-5-7-3-1-2-4-8(7)6-10(9)12/h7-9H,1-6H2/t7-,8+,9-/m0/s1. The van der Waals surface area contributed by atoms with E-state index in [1.165, 1.54) is 25.7 Å². The molecule has 3 atom stereocenters. The molecule has 0 aliphatic heterocycles. The Kier molecular flexibility index (Phi) is 2.54. The molecule has 0 radical (unpaired) electrons. The van der Waals surface area contributed by atoms with Crippen LogP contribution in [-0.2, 0) is 4.79 Å². The lowest BCUT2D eigenvalue weighted by molar-refractivity contribution is -0.122. The van der Waals surface area contributed by atoms with Crippen LogP contribution in [0.15, 0.2) is 0 Å². The van der Waals surface area contributed by atoms with Gasteiger partial charge in [-0.1, -0.05) is 35.2 Å². The van der Waals surface area contributed by atoms with Gasteiger partial charge in [0.15, 0.2) is 0 Å². The Morgan fingerprint density at radius 1 is 1.17 bits per heavy atom. The summed E-state index contributed by atoms with van der Waals surface area (Å²) in [5.41, 5.74) is 0. The number of Topliss-reactive ketones (excluding diaryl/α,β-unsaturated/α-hetero) is 1. The van der Waals surface area contributed by atoms with Crippen molar-refractivity contribution in [3.8, 4) is 0 Å². The molecule has 2 aliphatic carbocycles. The van der Waals surface area contributed by atoms with E-state index >= 15 is 0 Å². The summed E-state index contributed by atoms with van der Waals surface area (Å²) < 4.78 is 0. The van der Waals surface area contributed by atoms with E-state index in [1.807, 2.05) is 0 Å². The van der Waals surface area contributed by atoms with Crippen molar-refractivity contribution in [1.29, 1.82) is 0 Å². The van der Waals surface area contributed by atoms with E-state index in [4.69, 9.17) is 0 Å². The molecule has 12 heavy (non-hydrogen) atoms. The van der Waals surface area contributed by atoms with Gasteiger partial charge in [0.1, 0.15) is 5.78 Å². The van der Waals surface area contributed by atoms with Gasteiger partial charge in [-0.3, -0.25) is 4.79 Å². The van der Waals surface area contributed by atoms with Gasteiger partial charge in [0, 0.05) is 6.42 Å². The molecule has 2 aliphatic rings. The Labute approximate surface area is 82.0 Å². The maximum atomic E-state index is 11.4. The predicted octanol–water partition coefficient (Wildman–Crippen LogP) is 2.92. The highest BCUT2D eigenvalue weighted by atomic mass is 79.9. The average Bonchev–Trinajstić information content (AvgIpc) is 2.07. The first-order chi connectivity index (χ1) is 5.77. The van der Waals surface area contributed by atoms with Gasteiger partial charge in [-0.15, -0.1) is 0 Å². The summed E-state index contributed by atoms with van der Waals surface area (Å²) in [7, 11) is 0. The molecule has 2 heteroatoms. The van der Waals surface area contributed by atoms with E-state index in [1.54, 1.807) is 0 Å². The van der Waals surface area contributed by atoms with Crippen LogP contribution in [0.2, 0.25) is 0 Å². The molecular formula is C10H15BrO. The van der Waals surface area contributed by atoms with E-state index < -0.39 is 0 Å². The quantitative estimate of drug-likeness (QED) is 0.586. The summed E-state index contributed by atoms with van der Waals surface area (Å²) >= 11 is 3.47. The lowest BCUT2D eigenvalue weighted by atomic mass is 9.70. The van der Waals surface area contributed by atoms with Crippen LogP contribution in [0.4, 0.5) is 0 Å². The minimum atomic E-state index is 0.178. The molecule has 0 unspecified atom stereocenters. The highest BCUT2D eigenvalue weighted by Crippen LogP contribution is 2.40. The second-order valence-corrected chi connectivity index (χ2v) is 5.28. The number of carbonyl (C=O) groups is 1. The summed E-state index contributed by atoms with van der Waals surface area (Å²) in [6.07, 6.45) is 7.34. The van der Waals surface area contributed by atoms with Crippen molar-refractivity contribution in [3.05, 3.63) is 0 Å². The molecule has 0 bridgehead atoms. The molecule has 0 N–H and O–H groups in total. The molecule has 0 aromatic rings. The maximum absolute atomic E-state index is 11.4. The number of alkyl halides is 1. The van der Waals surface area contributed by atoms with Crippen molar-refractivity contribution < 1.29 is 4.79 Å². The molecule has 2 rings (SSSR count). The van der Waals surface area contributed by atoms with Gasteiger partial charge in [0.05, 0.1) is 4.83 Å². The molecule has 1 nitrogen and oxygen atoms in total. The number of hydrogen-bond acceptors (Lipinski definition) is 1. The first-order valence-corrected chi connectivity index (χ1v) is 5.85. The molecule has 0 aromatic heterocycles. The second kappa shape index (κ2) is 3.49. The number of hydrogen-bond donors (Lipinski definition) is 0. The zero-order chi connectivity index (χ0) is 8.55. The van der Waals surface area contributed by atoms with Crippen molar-refractivity contribution in [2.75, 3.05) is 0 Å². The van der Waals surface area contributed by atoms with Gasteiger partial charge >= 0.3 is 0 Å². The van der Waals surface area contributed by atoms with Gasteiger partial charge < -0.3 is 0 Å². The number of carbonyl (C=O) groups excluding carboxylic acids is 1. The molecule has 68 valence electrons. The molecule has 0 amide bonds. The van der Waals surface area contributed by atoms with Gasteiger partial charge in [-0.05, 0) is 24.7 Å². The topological polar surface area (TPSA) is 17.1 Å². The molecule has 2 saturated carbocycles. The van der Waals surface area contributed by atoms with E-state index in [2.05, 4.69) is 15.9 Å². The third kappa shape index (κ3) is 1.59. The van der Waals surface area contributed by atoms with Crippen LogP contribution >= 0.6 is 15.9 Å². The first-order valence-electron chi connectivity index (χ1n) is 4.94. The van der Waals surface area contributed by atoms with E-state index in [0.717, 1.165) is 24.7 Å². The first kappa shape index (κ1) is 8.74. The lowest BCUT2D eigenvalue weighted by Gasteiger charge is -2.36. The Bertz CT molecular complexity index is 190. The summed E-state index contributed by atoms with van der Waals surface area (Å²) in [4.78, 5) is 11.6. The third-order valence-corrected chi connectivity index (χ3v) is 4.27. The Morgan fingerprint density at radius 2 is 1.83 bits per heavy atom. The highest BCUT2D eigenvalue weighted by molar-refractivity contribution is 9.10. The zero-order valence-electron chi connectivity index (χ0n) is 7.26. The lowest BCUT2D eigenvalue weighted by Crippen LogP contribution is -2.34. The van der Waals surface area contributed by atoms with Crippen molar-refractivity contribution in [2.24, 2.45) is 11.8 Å². The summed E-state index contributed by atoms with van der Waals surface area (Å²) in [5.74, 6) is 2.03. The average molecular weight is 231 g/mol. The van der Waals surface area contributed by atoms with Crippen LogP contribution in [-0.4, -0.2) is 10.6 Å². The fraction of sp³-hybridized carbons (Fsp3) is 0.900. The molecule has 0 heterocycles. The monoisotopic (exact) mass is 230 g/mol. The second-order valence-electron chi connectivity index (χ2n) is 4.18. The van der Waals surface area contributed by atoms with Crippen LogP contribution < -0.4 is 0 Å². The van der Waals surface area contributed by atoms with Gasteiger partial charge in [-0.2, -0.15) is 0 Å². The predicted molar refractivity (Wildman–Crippen MR) is 52.4 cm³/mol. The van der Waals surface area contributed by atoms with Crippen LogP contribution in [0.1, 0.15) is 38.5 Å². The Hall–Kier alpha value is 0.150. The molecule has 0 spiro atoms. The number of ketones is 1. The minimum Gasteiger partial charge on any atom is -0.298 e. The number of halogens is 1. The van der Waals surface area contributed by atoms with Crippen LogP contribution in [0, 0.1) is 11.8 Å². The number of rotatable bonds is 0. The van der Waals surface area contributed by atoms with Crippen molar-refractivity contribution in [2.45, 2.75) is 43.4 Å². The Morgan fingerprint density at radius 3 is 2.58 bits per heavy atom. The van der Waals surface area contributed by atoms with Crippen molar-refractivity contribution >= 4 is 21.7 Å². The fourth-order valence-corrected chi connectivity index (χ4v) is 3.31. The normalized spacial score (nSPS) is 42.4. The smallest absolute Gasteiger partial charge is 0.146 e. The molecular weight excluding hydrogens is 216 g/mol. The Balaban J connectivity index is 2.02. The van der Waals surface area contributed by atoms with Gasteiger partial charge in [-0.25, -0.2) is 0 Å². The maximum Gasteiger partial charge on any atom is 0.146 e. The summed E-state index contributed by atoms with van der Waals surface area (Å²) in [6.45, 7) is 0. The number of fused-ring (bicyclic) bond motifs is 1. The highest BCUT2D eigenvalue weighted by Gasteiger charge is 2.35. The molecule has 0 aromatic carbocycles. The summed E-state index contributed by atoms with van der Waals surface area (Å²) in [5, 5.41) is 0.